The normalized spacial score (nSPS) is 11.2. The van der Waals surface area contributed by atoms with Crippen molar-refractivity contribution < 1.29 is 4.42 Å². The lowest BCUT2D eigenvalue weighted by Crippen LogP contribution is -1.68. The zero-order valence-corrected chi connectivity index (χ0v) is 7.95. The zero-order valence-electron chi connectivity index (χ0n) is 7.20. The van der Waals surface area contributed by atoms with Crippen molar-refractivity contribution in [3.05, 3.63) is 41.7 Å². The van der Waals surface area contributed by atoms with Gasteiger partial charge in [0.25, 0.3) is 0 Å². The molecular formula is C11H6ClNO. The molecule has 3 aromatic rings. The Balaban J connectivity index is 2.57. The van der Waals surface area contributed by atoms with Crippen LogP contribution in [-0.2, 0) is 0 Å². The predicted octanol–water partition coefficient (Wildman–Crippen LogP) is 3.63. The van der Waals surface area contributed by atoms with Crippen LogP contribution in [0, 0.1) is 0 Å². The van der Waals surface area contributed by atoms with Crippen LogP contribution in [0.5, 0.6) is 0 Å². The number of aromatic nitrogens is 1. The first kappa shape index (κ1) is 7.83. The molecule has 0 aliphatic rings. The van der Waals surface area contributed by atoms with Crippen molar-refractivity contribution >= 4 is 33.5 Å². The summed E-state index contributed by atoms with van der Waals surface area (Å²) in [7, 11) is 0. The molecule has 2 aromatic heterocycles. The third-order valence-corrected chi connectivity index (χ3v) is 2.47. The molecule has 0 unspecified atom stereocenters. The molecule has 0 spiro atoms. The molecular weight excluding hydrogens is 198 g/mol. The first-order valence-corrected chi connectivity index (χ1v) is 4.64. The van der Waals surface area contributed by atoms with Crippen molar-refractivity contribution in [1.82, 2.24) is 4.98 Å². The van der Waals surface area contributed by atoms with Crippen molar-refractivity contribution in [3.8, 4) is 0 Å². The Morgan fingerprint density at radius 1 is 1.07 bits per heavy atom. The molecule has 0 saturated carbocycles. The fourth-order valence-corrected chi connectivity index (χ4v) is 1.76. The predicted molar refractivity (Wildman–Crippen MR) is 56.5 cm³/mol. The first-order valence-electron chi connectivity index (χ1n) is 4.26. The molecule has 68 valence electrons. The Morgan fingerprint density at radius 2 is 2.00 bits per heavy atom. The molecule has 2 nitrogen and oxygen atoms in total. The molecule has 0 amide bonds. The topological polar surface area (TPSA) is 26.0 Å². The van der Waals surface area contributed by atoms with Gasteiger partial charge in [0, 0.05) is 34.3 Å². The summed E-state index contributed by atoms with van der Waals surface area (Å²) in [4.78, 5) is 4.06. The minimum absolute atomic E-state index is 0.685. The van der Waals surface area contributed by atoms with Crippen LogP contribution in [0.15, 0.2) is 41.1 Å². The van der Waals surface area contributed by atoms with Gasteiger partial charge < -0.3 is 4.42 Å². The van der Waals surface area contributed by atoms with Gasteiger partial charge in [0.1, 0.15) is 11.2 Å². The summed E-state index contributed by atoms with van der Waals surface area (Å²) in [5, 5.41) is 2.76. The van der Waals surface area contributed by atoms with Gasteiger partial charge in [0.2, 0.25) is 0 Å². The molecule has 3 heteroatoms. The Labute approximate surface area is 85.1 Å². The van der Waals surface area contributed by atoms with Crippen LogP contribution in [0.3, 0.4) is 0 Å². The molecule has 0 atom stereocenters. The lowest BCUT2D eigenvalue weighted by Gasteiger charge is -1.88. The molecule has 0 bridgehead atoms. The van der Waals surface area contributed by atoms with E-state index >= 15 is 0 Å². The van der Waals surface area contributed by atoms with Gasteiger partial charge in [-0.3, -0.25) is 4.98 Å². The van der Waals surface area contributed by atoms with E-state index in [9.17, 15) is 0 Å². The molecule has 0 radical (unpaired) electrons. The van der Waals surface area contributed by atoms with Crippen molar-refractivity contribution in [2.24, 2.45) is 0 Å². The number of rotatable bonds is 0. The highest BCUT2D eigenvalue weighted by atomic mass is 35.5. The molecule has 0 aliphatic carbocycles. The van der Waals surface area contributed by atoms with Gasteiger partial charge in [0.15, 0.2) is 0 Å². The average Bonchev–Trinajstić information content (AvgIpc) is 2.54. The molecule has 2 heterocycles. The third-order valence-electron chi connectivity index (χ3n) is 2.23. The van der Waals surface area contributed by atoms with Crippen molar-refractivity contribution in [1.29, 1.82) is 0 Å². The summed E-state index contributed by atoms with van der Waals surface area (Å²) >= 11 is 5.87. The Morgan fingerprint density at radius 3 is 2.93 bits per heavy atom. The number of nitrogens with zero attached hydrogens (tertiary/aromatic N) is 1. The van der Waals surface area contributed by atoms with Crippen LogP contribution in [-0.4, -0.2) is 4.98 Å². The maximum atomic E-state index is 5.87. The molecule has 14 heavy (non-hydrogen) atoms. The number of hydrogen-bond acceptors (Lipinski definition) is 2. The SMILES string of the molecule is Clc1ccc2c(c1)oc1ccncc12. The Hall–Kier alpha value is -1.54. The summed E-state index contributed by atoms with van der Waals surface area (Å²) in [6, 6.07) is 7.47. The van der Waals surface area contributed by atoms with Gasteiger partial charge in [-0.25, -0.2) is 0 Å². The van der Waals surface area contributed by atoms with E-state index in [-0.39, 0.29) is 0 Å². The van der Waals surface area contributed by atoms with Crippen LogP contribution < -0.4 is 0 Å². The van der Waals surface area contributed by atoms with Gasteiger partial charge in [0.05, 0.1) is 0 Å². The molecule has 0 saturated heterocycles. The lowest BCUT2D eigenvalue weighted by atomic mass is 10.2. The fourth-order valence-electron chi connectivity index (χ4n) is 1.59. The van der Waals surface area contributed by atoms with Crippen LogP contribution >= 0.6 is 11.6 Å². The number of furan rings is 1. The Kier molecular flexibility index (Phi) is 1.52. The van der Waals surface area contributed by atoms with Gasteiger partial charge in [-0.1, -0.05) is 11.6 Å². The van der Waals surface area contributed by atoms with Crippen LogP contribution in [0.2, 0.25) is 5.02 Å². The highest BCUT2D eigenvalue weighted by Crippen LogP contribution is 2.29. The van der Waals surface area contributed by atoms with Crippen molar-refractivity contribution in [2.75, 3.05) is 0 Å². The summed E-state index contributed by atoms with van der Waals surface area (Å²) in [5.41, 5.74) is 1.65. The van der Waals surface area contributed by atoms with E-state index in [1.807, 2.05) is 24.3 Å². The van der Waals surface area contributed by atoms with Crippen LogP contribution in [0.25, 0.3) is 21.9 Å². The van der Waals surface area contributed by atoms with Gasteiger partial charge >= 0.3 is 0 Å². The monoisotopic (exact) mass is 203 g/mol. The quantitative estimate of drug-likeness (QED) is 0.558. The molecule has 0 N–H and O–H groups in total. The maximum Gasteiger partial charge on any atom is 0.138 e. The van der Waals surface area contributed by atoms with E-state index in [0.717, 1.165) is 21.9 Å². The van der Waals surface area contributed by atoms with E-state index in [4.69, 9.17) is 16.0 Å². The lowest BCUT2D eigenvalue weighted by molar-refractivity contribution is 0.668. The molecule has 3 rings (SSSR count). The van der Waals surface area contributed by atoms with Crippen LogP contribution in [0.4, 0.5) is 0 Å². The van der Waals surface area contributed by atoms with E-state index < -0.39 is 0 Å². The molecule has 1 aromatic carbocycles. The standard InChI is InChI=1S/C11H6ClNO/c12-7-1-2-8-9-6-13-4-3-10(9)14-11(8)5-7/h1-6H. The second-order valence-corrected chi connectivity index (χ2v) is 3.55. The molecule has 0 aliphatic heterocycles. The minimum Gasteiger partial charge on any atom is -0.456 e. The zero-order chi connectivity index (χ0) is 9.54. The smallest absolute Gasteiger partial charge is 0.138 e. The van der Waals surface area contributed by atoms with Crippen molar-refractivity contribution in [3.63, 3.8) is 0 Å². The van der Waals surface area contributed by atoms with Crippen molar-refractivity contribution in [2.45, 2.75) is 0 Å². The summed E-state index contributed by atoms with van der Waals surface area (Å²) in [6.07, 6.45) is 3.52. The average molecular weight is 204 g/mol. The van der Waals surface area contributed by atoms with Gasteiger partial charge in [-0.05, 0) is 18.2 Å². The summed E-state index contributed by atoms with van der Waals surface area (Å²) in [6.45, 7) is 0. The fraction of sp³-hybridized carbons (Fsp3) is 0. The number of fused-ring (bicyclic) bond motifs is 3. The highest BCUT2D eigenvalue weighted by molar-refractivity contribution is 6.31. The third kappa shape index (κ3) is 1.01. The van der Waals surface area contributed by atoms with E-state index in [1.165, 1.54) is 0 Å². The summed E-state index contributed by atoms with van der Waals surface area (Å²) < 4.78 is 5.61. The Bertz CT molecular complexity index is 615. The highest BCUT2D eigenvalue weighted by Gasteiger charge is 2.05. The second kappa shape index (κ2) is 2.72. The molecule has 0 fully saturated rings. The van der Waals surface area contributed by atoms with Gasteiger partial charge in [-0.2, -0.15) is 0 Å². The van der Waals surface area contributed by atoms with E-state index in [0.29, 0.717) is 5.02 Å². The minimum atomic E-state index is 0.685. The number of hydrogen-bond donors (Lipinski definition) is 0. The number of halogens is 1. The number of benzene rings is 1. The maximum absolute atomic E-state index is 5.87. The van der Waals surface area contributed by atoms with E-state index in [2.05, 4.69) is 4.98 Å². The van der Waals surface area contributed by atoms with Crippen LogP contribution in [0.1, 0.15) is 0 Å². The van der Waals surface area contributed by atoms with E-state index in [1.54, 1.807) is 12.4 Å². The number of pyridine rings is 1. The van der Waals surface area contributed by atoms with Gasteiger partial charge in [-0.15, -0.1) is 0 Å². The summed E-state index contributed by atoms with van der Waals surface area (Å²) in [5.74, 6) is 0. The second-order valence-electron chi connectivity index (χ2n) is 3.11. The first-order chi connectivity index (χ1) is 6.84. The largest absolute Gasteiger partial charge is 0.456 e.